The standard InChI is InChI=1S/C14H21NO4/c1-9-3-10(2)6-15(5-9)7-13-14(18)12(17)4-11(8-16)19-13/h4,9-10,16,18H,3,5-8H2,1-2H3. The monoisotopic (exact) mass is 267 g/mol. The molecule has 2 atom stereocenters. The number of rotatable bonds is 3. The summed E-state index contributed by atoms with van der Waals surface area (Å²) < 4.78 is 5.37. The van der Waals surface area contributed by atoms with E-state index in [1.807, 2.05) is 0 Å². The number of aliphatic hydroxyl groups excluding tert-OH is 1. The normalized spacial score (nSPS) is 24.6. The minimum Gasteiger partial charge on any atom is -0.502 e. The number of hydrogen-bond donors (Lipinski definition) is 2. The fraction of sp³-hybridized carbons (Fsp3) is 0.643. The number of aliphatic hydroxyl groups is 1. The van der Waals surface area contributed by atoms with Gasteiger partial charge in [0.25, 0.3) is 0 Å². The van der Waals surface area contributed by atoms with Gasteiger partial charge in [-0.2, -0.15) is 0 Å². The lowest BCUT2D eigenvalue weighted by Gasteiger charge is -2.34. The highest BCUT2D eigenvalue weighted by Gasteiger charge is 2.24. The van der Waals surface area contributed by atoms with E-state index >= 15 is 0 Å². The van der Waals surface area contributed by atoms with E-state index in [1.165, 1.54) is 6.42 Å². The first-order valence-corrected chi connectivity index (χ1v) is 6.67. The summed E-state index contributed by atoms with van der Waals surface area (Å²) in [5, 5.41) is 18.8. The fourth-order valence-corrected chi connectivity index (χ4v) is 2.90. The van der Waals surface area contributed by atoms with Crippen molar-refractivity contribution in [2.75, 3.05) is 13.1 Å². The quantitative estimate of drug-likeness (QED) is 0.864. The van der Waals surface area contributed by atoms with Crippen LogP contribution in [0.4, 0.5) is 0 Å². The van der Waals surface area contributed by atoms with Crippen LogP contribution in [0.3, 0.4) is 0 Å². The number of piperidine rings is 1. The molecule has 2 N–H and O–H groups in total. The molecule has 1 aromatic heterocycles. The molecule has 106 valence electrons. The Kier molecular flexibility index (Phi) is 4.27. The van der Waals surface area contributed by atoms with E-state index in [2.05, 4.69) is 18.7 Å². The first kappa shape index (κ1) is 14.1. The molecule has 0 amide bonds. The minimum atomic E-state index is -0.497. The third-order valence-electron chi connectivity index (χ3n) is 3.51. The summed E-state index contributed by atoms with van der Waals surface area (Å²) in [6.07, 6.45) is 1.20. The molecule has 1 saturated heterocycles. The van der Waals surface area contributed by atoms with Crippen LogP contribution in [0, 0.1) is 11.8 Å². The van der Waals surface area contributed by atoms with Crippen LogP contribution >= 0.6 is 0 Å². The van der Waals surface area contributed by atoms with Crippen molar-refractivity contribution in [3.05, 3.63) is 27.8 Å². The summed E-state index contributed by atoms with van der Waals surface area (Å²) in [6.45, 7) is 6.32. The molecule has 1 fully saturated rings. The Morgan fingerprint density at radius 2 is 2.00 bits per heavy atom. The summed E-state index contributed by atoms with van der Waals surface area (Å²) >= 11 is 0. The van der Waals surface area contributed by atoms with Crippen molar-refractivity contribution in [1.82, 2.24) is 4.90 Å². The molecule has 2 unspecified atom stereocenters. The van der Waals surface area contributed by atoms with Crippen molar-refractivity contribution < 1.29 is 14.6 Å². The Labute approximate surface area is 112 Å². The van der Waals surface area contributed by atoms with Crippen LogP contribution in [0.5, 0.6) is 5.75 Å². The van der Waals surface area contributed by atoms with Gasteiger partial charge in [-0.25, -0.2) is 0 Å². The predicted octanol–water partition coefficient (Wildman–Crippen LogP) is 1.32. The molecule has 1 aliphatic heterocycles. The smallest absolute Gasteiger partial charge is 0.227 e. The predicted molar refractivity (Wildman–Crippen MR) is 70.8 cm³/mol. The van der Waals surface area contributed by atoms with Crippen LogP contribution in [0.15, 0.2) is 15.3 Å². The average Bonchev–Trinajstić information content (AvgIpc) is 2.33. The van der Waals surface area contributed by atoms with Gasteiger partial charge < -0.3 is 14.6 Å². The van der Waals surface area contributed by atoms with Crippen LogP contribution < -0.4 is 5.43 Å². The molecule has 2 rings (SSSR count). The average molecular weight is 267 g/mol. The molecule has 0 saturated carbocycles. The number of aromatic hydroxyl groups is 1. The van der Waals surface area contributed by atoms with E-state index in [1.54, 1.807) is 0 Å². The molecule has 0 radical (unpaired) electrons. The zero-order chi connectivity index (χ0) is 14.0. The Balaban J connectivity index is 2.18. The van der Waals surface area contributed by atoms with Gasteiger partial charge in [-0.15, -0.1) is 0 Å². The summed E-state index contributed by atoms with van der Waals surface area (Å²) in [6, 6.07) is 1.13. The van der Waals surface area contributed by atoms with Crippen LogP contribution in [0.2, 0.25) is 0 Å². The maximum Gasteiger partial charge on any atom is 0.227 e. The van der Waals surface area contributed by atoms with Crippen LogP contribution in [0.1, 0.15) is 31.8 Å². The molecule has 0 spiro atoms. The van der Waals surface area contributed by atoms with Gasteiger partial charge in [0.05, 0.1) is 6.54 Å². The highest BCUT2D eigenvalue weighted by Crippen LogP contribution is 2.24. The second-order valence-corrected chi connectivity index (χ2v) is 5.65. The van der Waals surface area contributed by atoms with Gasteiger partial charge in [-0.3, -0.25) is 9.69 Å². The van der Waals surface area contributed by atoms with Gasteiger partial charge in [0.15, 0.2) is 5.76 Å². The largest absolute Gasteiger partial charge is 0.502 e. The molecule has 5 heteroatoms. The molecule has 0 aromatic carbocycles. The zero-order valence-electron chi connectivity index (χ0n) is 11.4. The third kappa shape index (κ3) is 3.36. The maximum atomic E-state index is 11.6. The third-order valence-corrected chi connectivity index (χ3v) is 3.51. The van der Waals surface area contributed by atoms with Gasteiger partial charge >= 0.3 is 0 Å². The lowest BCUT2D eigenvalue weighted by atomic mass is 9.92. The first-order valence-electron chi connectivity index (χ1n) is 6.67. The highest BCUT2D eigenvalue weighted by atomic mass is 16.4. The summed E-state index contributed by atoms with van der Waals surface area (Å²) in [4.78, 5) is 13.7. The van der Waals surface area contributed by atoms with Crippen molar-refractivity contribution in [2.24, 2.45) is 11.8 Å². The lowest BCUT2D eigenvalue weighted by Crippen LogP contribution is -2.38. The van der Waals surface area contributed by atoms with E-state index in [0.717, 1.165) is 19.2 Å². The highest BCUT2D eigenvalue weighted by molar-refractivity contribution is 5.24. The van der Waals surface area contributed by atoms with Crippen molar-refractivity contribution in [3.63, 3.8) is 0 Å². The van der Waals surface area contributed by atoms with Gasteiger partial charge in [-0.1, -0.05) is 13.8 Å². The molecular weight excluding hydrogens is 246 g/mol. The number of likely N-dealkylation sites (tertiary alicyclic amines) is 1. The number of nitrogens with zero attached hydrogens (tertiary/aromatic N) is 1. The van der Waals surface area contributed by atoms with Crippen LogP contribution in [0.25, 0.3) is 0 Å². The summed E-state index contributed by atoms with van der Waals surface area (Å²) in [7, 11) is 0. The van der Waals surface area contributed by atoms with Crippen molar-refractivity contribution in [1.29, 1.82) is 0 Å². The fourth-order valence-electron chi connectivity index (χ4n) is 2.90. The summed E-state index contributed by atoms with van der Waals surface area (Å²) in [5.74, 6) is 1.29. The zero-order valence-corrected chi connectivity index (χ0v) is 11.4. The van der Waals surface area contributed by atoms with Crippen LogP contribution in [-0.2, 0) is 13.2 Å². The van der Waals surface area contributed by atoms with Gasteiger partial charge in [0, 0.05) is 19.2 Å². The van der Waals surface area contributed by atoms with Crippen molar-refractivity contribution in [2.45, 2.75) is 33.4 Å². The van der Waals surface area contributed by atoms with Crippen molar-refractivity contribution in [3.8, 4) is 5.75 Å². The van der Waals surface area contributed by atoms with Gasteiger partial charge in [0.2, 0.25) is 11.2 Å². The van der Waals surface area contributed by atoms with E-state index in [0.29, 0.717) is 18.4 Å². The van der Waals surface area contributed by atoms with E-state index < -0.39 is 5.43 Å². The second kappa shape index (κ2) is 5.75. The Morgan fingerprint density at radius 3 is 2.58 bits per heavy atom. The molecular formula is C14H21NO4. The number of hydrogen-bond acceptors (Lipinski definition) is 5. The molecule has 19 heavy (non-hydrogen) atoms. The topological polar surface area (TPSA) is 73.9 Å². The first-order chi connectivity index (χ1) is 8.99. The van der Waals surface area contributed by atoms with Gasteiger partial charge in [0.1, 0.15) is 12.4 Å². The molecule has 5 nitrogen and oxygen atoms in total. The SMILES string of the molecule is CC1CC(C)CN(Cc2oc(CO)cc(=O)c2O)C1. The van der Waals surface area contributed by atoms with Crippen LogP contribution in [-0.4, -0.2) is 28.2 Å². The van der Waals surface area contributed by atoms with E-state index in [4.69, 9.17) is 9.52 Å². The molecule has 1 aromatic rings. The molecule has 2 heterocycles. The summed E-state index contributed by atoms with van der Waals surface area (Å²) in [5.41, 5.74) is -0.497. The van der Waals surface area contributed by atoms with E-state index in [9.17, 15) is 9.90 Å². The molecule has 0 aliphatic carbocycles. The maximum absolute atomic E-state index is 11.6. The Hall–Kier alpha value is -1.33. The van der Waals surface area contributed by atoms with Gasteiger partial charge in [-0.05, 0) is 18.3 Å². The Morgan fingerprint density at radius 1 is 1.37 bits per heavy atom. The second-order valence-electron chi connectivity index (χ2n) is 5.65. The molecule has 1 aliphatic rings. The lowest BCUT2D eigenvalue weighted by molar-refractivity contribution is 0.120. The van der Waals surface area contributed by atoms with E-state index in [-0.39, 0.29) is 23.9 Å². The minimum absolute atomic E-state index is 0.191. The molecule has 0 bridgehead atoms. The Bertz CT molecular complexity index is 487. The van der Waals surface area contributed by atoms with Crippen molar-refractivity contribution >= 4 is 0 Å².